The van der Waals surface area contributed by atoms with Crippen molar-refractivity contribution in [2.45, 2.75) is 71.1 Å². The van der Waals surface area contributed by atoms with Gasteiger partial charge in [-0.3, -0.25) is 0 Å². The first-order valence-electron chi connectivity index (χ1n) is 9.83. The van der Waals surface area contributed by atoms with E-state index in [1.807, 2.05) is 26.8 Å². The minimum absolute atomic E-state index is 0.103. The fourth-order valence-corrected chi connectivity index (χ4v) is 4.36. The molecule has 1 aromatic heterocycles. The molecule has 148 valence electrons. The van der Waals surface area contributed by atoms with Crippen molar-refractivity contribution in [2.75, 3.05) is 18.4 Å². The van der Waals surface area contributed by atoms with Crippen LogP contribution in [0.4, 0.5) is 5.69 Å². The van der Waals surface area contributed by atoms with Crippen molar-refractivity contribution in [3.63, 3.8) is 0 Å². The van der Waals surface area contributed by atoms with E-state index < -0.39 is 5.97 Å². The number of carbonyl (C=O) groups is 1. The first-order chi connectivity index (χ1) is 12.8. The van der Waals surface area contributed by atoms with Gasteiger partial charge in [0, 0.05) is 18.0 Å². The number of carboxylic acid groups (broad SMARTS) is 1. The second kappa shape index (κ2) is 8.64. The third kappa shape index (κ3) is 5.97. The van der Waals surface area contributed by atoms with E-state index >= 15 is 0 Å². The van der Waals surface area contributed by atoms with Crippen LogP contribution in [0.2, 0.25) is 0 Å². The summed E-state index contributed by atoms with van der Waals surface area (Å²) in [6.45, 7) is 8.17. The number of ether oxygens (including phenoxy) is 1. The lowest BCUT2D eigenvalue weighted by atomic mass is 9.92. The van der Waals surface area contributed by atoms with Crippen LogP contribution in [0, 0.1) is 17.3 Å². The van der Waals surface area contributed by atoms with E-state index in [-0.39, 0.29) is 5.41 Å². The van der Waals surface area contributed by atoms with E-state index in [1.54, 1.807) is 0 Å². The number of hydrogen-bond donors (Lipinski definition) is 3. The quantitative estimate of drug-likeness (QED) is 0.664. The van der Waals surface area contributed by atoms with Crippen LogP contribution in [-0.2, 0) is 4.74 Å². The zero-order valence-corrected chi connectivity index (χ0v) is 17.2. The highest BCUT2D eigenvalue weighted by atomic mass is 32.1. The Hall–Kier alpha value is -1.55. The molecule has 3 rings (SSSR count). The van der Waals surface area contributed by atoms with Gasteiger partial charge in [-0.2, -0.15) is 0 Å². The molecule has 6 heteroatoms. The van der Waals surface area contributed by atoms with E-state index in [2.05, 4.69) is 22.5 Å². The summed E-state index contributed by atoms with van der Waals surface area (Å²) in [6.07, 6.45) is 5.86. The number of thiophene rings is 1. The molecular weight excluding hydrogens is 360 g/mol. The monoisotopic (exact) mass is 390 g/mol. The Morgan fingerprint density at radius 2 is 2.00 bits per heavy atom. The first-order valence-corrected chi connectivity index (χ1v) is 10.6. The van der Waals surface area contributed by atoms with Gasteiger partial charge in [-0.05, 0) is 65.5 Å². The van der Waals surface area contributed by atoms with E-state index in [1.165, 1.54) is 11.3 Å². The molecule has 0 bridgehead atoms. The van der Waals surface area contributed by atoms with Gasteiger partial charge < -0.3 is 20.5 Å². The molecule has 1 saturated heterocycles. The normalized spacial score (nSPS) is 25.7. The van der Waals surface area contributed by atoms with Gasteiger partial charge in [-0.1, -0.05) is 11.8 Å². The summed E-state index contributed by atoms with van der Waals surface area (Å²) in [6, 6.07) is 2.18. The van der Waals surface area contributed by atoms with Gasteiger partial charge in [0.05, 0.1) is 22.8 Å². The highest BCUT2D eigenvalue weighted by Crippen LogP contribution is 2.31. The van der Waals surface area contributed by atoms with Crippen molar-refractivity contribution in [1.29, 1.82) is 0 Å². The lowest BCUT2D eigenvalue weighted by Gasteiger charge is -2.31. The molecule has 27 heavy (non-hydrogen) atoms. The third-order valence-electron chi connectivity index (χ3n) is 4.92. The van der Waals surface area contributed by atoms with Crippen molar-refractivity contribution >= 4 is 23.0 Å². The molecule has 2 aliphatic rings. The lowest BCUT2D eigenvalue weighted by molar-refractivity contribution is -0.0211. The predicted octanol–water partition coefficient (Wildman–Crippen LogP) is 3.95. The predicted molar refractivity (Wildman–Crippen MR) is 110 cm³/mol. The molecule has 0 radical (unpaired) electrons. The molecule has 0 amide bonds. The number of aromatic carboxylic acids is 1. The Kier molecular flexibility index (Phi) is 6.46. The molecule has 5 nitrogen and oxygen atoms in total. The summed E-state index contributed by atoms with van der Waals surface area (Å²) in [5.74, 6) is 5.41. The molecule has 1 saturated carbocycles. The molecule has 0 aromatic carbocycles. The Morgan fingerprint density at radius 3 is 2.59 bits per heavy atom. The van der Waals surface area contributed by atoms with Crippen LogP contribution in [0.25, 0.3) is 0 Å². The lowest BCUT2D eigenvalue weighted by Crippen LogP contribution is -2.32. The Bertz CT molecular complexity index is 712. The van der Waals surface area contributed by atoms with Crippen LogP contribution < -0.4 is 10.6 Å². The highest BCUT2D eigenvalue weighted by Gasteiger charge is 2.27. The highest BCUT2D eigenvalue weighted by molar-refractivity contribution is 7.15. The van der Waals surface area contributed by atoms with Gasteiger partial charge in [0.2, 0.25) is 0 Å². The Labute approximate surface area is 165 Å². The second-order valence-corrected chi connectivity index (χ2v) is 9.58. The maximum Gasteiger partial charge on any atom is 0.348 e. The van der Waals surface area contributed by atoms with Gasteiger partial charge >= 0.3 is 5.97 Å². The van der Waals surface area contributed by atoms with Gasteiger partial charge in [-0.15, -0.1) is 11.3 Å². The molecule has 2 heterocycles. The summed E-state index contributed by atoms with van der Waals surface area (Å²) in [7, 11) is 0. The van der Waals surface area contributed by atoms with Crippen LogP contribution >= 0.6 is 11.3 Å². The molecular formula is C21H30N2O3S. The van der Waals surface area contributed by atoms with E-state index in [9.17, 15) is 9.90 Å². The van der Waals surface area contributed by atoms with Crippen LogP contribution in [0.15, 0.2) is 6.07 Å². The van der Waals surface area contributed by atoms with E-state index in [0.29, 0.717) is 28.8 Å². The van der Waals surface area contributed by atoms with E-state index in [0.717, 1.165) is 50.1 Å². The summed E-state index contributed by atoms with van der Waals surface area (Å²) in [4.78, 5) is 12.8. The van der Waals surface area contributed by atoms with E-state index in [4.69, 9.17) is 4.74 Å². The number of rotatable bonds is 5. The largest absolute Gasteiger partial charge is 0.477 e. The van der Waals surface area contributed by atoms with Gasteiger partial charge in [0.25, 0.3) is 0 Å². The van der Waals surface area contributed by atoms with Crippen molar-refractivity contribution in [1.82, 2.24) is 5.32 Å². The minimum atomic E-state index is -0.892. The molecule has 3 N–H and O–H groups in total. The van der Waals surface area contributed by atoms with Crippen molar-refractivity contribution in [3.05, 3.63) is 15.8 Å². The van der Waals surface area contributed by atoms with Crippen molar-refractivity contribution in [2.24, 2.45) is 5.41 Å². The Morgan fingerprint density at radius 1 is 1.26 bits per heavy atom. The first kappa shape index (κ1) is 20.2. The van der Waals surface area contributed by atoms with Crippen molar-refractivity contribution in [3.8, 4) is 11.8 Å². The average Bonchev–Trinajstić information content (AvgIpc) is 3.24. The van der Waals surface area contributed by atoms with Crippen LogP contribution in [-0.4, -0.2) is 42.4 Å². The zero-order chi connectivity index (χ0) is 19.4. The number of hydrogen-bond acceptors (Lipinski definition) is 5. The number of carboxylic acids is 1. The molecule has 1 aromatic rings. The van der Waals surface area contributed by atoms with Crippen LogP contribution in [0.1, 0.15) is 67.4 Å². The molecule has 0 spiro atoms. The maximum atomic E-state index is 11.6. The van der Waals surface area contributed by atoms with Gasteiger partial charge in [-0.25, -0.2) is 4.79 Å². The SMILES string of the molecule is CC(C)(C)C#Cc1cc(NC2CCC(O[C@@H]3CCNC3)CC2)c(C(=O)O)s1. The molecule has 0 unspecified atom stereocenters. The summed E-state index contributed by atoms with van der Waals surface area (Å²) in [5.41, 5.74) is 0.601. The van der Waals surface area contributed by atoms with Gasteiger partial charge in [0.1, 0.15) is 4.88 Å². The number of nitrogens with one attached hydrogen (secondary N) is 2. The smallest absolute Gasteiger partial charge is 0.348 e. The molecule has 2 fully saturated rings. The third-order valence-corrected chi connectivity index (χ3v) is 5.96. The summed E-state index contributed by atoms with van der Waals surface area (Å²) in [5, 5.41) is 16.3. The summed E-state index contributed by atoms with van der Waals surface area (Å²) < 4.78 is 6.18. The number of anilines is 1. The molecule has 1 atom stereocenters. The fourth-order valence-electron chi connectivity index (χ4n) is 3.55. The van der Waals surface area contributed by atoms with Crippen molar-refractivity contribution < 1.29 is 14.6 Å². The fraction of sp³-hybridized carbons (Fsp3) is 0.667. The summed E-state index contributed by atoms with van der Waals surface area (Å²) >= 11 is 1.25. The zero-order valence-electron chi connectivity index (χ0n) is 16.4. The average molecular weight is 391 g/mol. The second-order valence-electron chi connectivity index (χ2n) is 8.53. The van der Waals surface area contributed by atoms with Gasteiger partial charge in [0.15, 0.2) is 0 Å². The Balaban J connectivity index is 1.59. The maximum absolute atomic E-state index is 11.6. The molecule has 1 aliphatic heterocycles. The molecule has 1 aliphatic carbocycles. The standard InChI is InChI=1S/C21H30N2O3S/c1-21(2,3)10-8-17-12-18(19(27-17)20(24)25)23-14-4-6-15(7-5-14)26-16-9-11-22-13-16/h12,14-16,22-23H,4-7,9,11,13H2,1-3H3,(H,24,25)/t14?,15?,16-/m1/s1. The van der Waals surface area contributed by atoms with Crippen LogP contribution in [0.5, 0.6) is 0 Å². The topological polar surface area (TPSA) is 70.6 Å². The van der Waals surface area contributed by atoms with Crippen LogP contribution in [0.3, 0.4) is 0 Å². The minimum Gasteiger partial charge on any atom is -0.477 e.